The van der Waals surface area contributed by atoms with Crippen molar-refractivity contribution in [2.45, 2.75) is 4.90 Å². The van der Waals surface area contributed by atoms with Crippen molar-refractivity contribution in [2.24, 2.45) is 0 Å². The Morgan fingerprint density at radius 3 is 2.27 bits per heavy atom. The standard InChI is InChI=1S/C30H22ClN3O5S/c31-23-15-13-20(14-16-23)28(35)19-40-25-11-6-10-24(18-25)32-30(37)26(33-29(36)21-7-2-1-3-8-21)17-22-9-4-5-12-27(22)34(38)39/h1-18H,19H2,(H,32,37)(H,33,36)/b26-17-. The topological polar surface area (TPSA) is 118 Å². The smallest absolute Gasteiger partial charge is 0.276 e. The van der Waals surface area contributed by atoms with E-state index in [0.717, 1.165) is 4.90 Å². The van der Waals surface area contributed by atoms with Gasteiger partial charge in [-0.15, -0.1) is 11.8 Å². The van der Waals surface area contributed by atoms with E-state index in [2.05, 4.69) is 10.6 Å². The Bertz CT molecular complexity index is 1590. The predicted octanol–water partition coefficient (Wildman–Crippen LogP) is 6.63. The van der Waals surface area contributed by atoms with Crippen molar-refractivity contribution in [2.75, 3.05) is 11.1 Å². The number of benzene rings is 4. The van der Waals surface area contributed by atoms with Gasteiger partial charge in [-0.25, -0.2) is 0 Å². The number of carbonyl (C=O) groups excluding carboxylic acids is 3. The first-order chi connectivity index (χ1) is 19.3. The maximum atomic E-state index is 13.3. The fourth-order valence-electron chi connectivity index (χ4n) is 3.60. The number of anilines is 1. The third kappa shape index (κ3) is 7.66. The highest BCUT2D eigenvalue weighted by molar-refractivity contribution is 8.00. The maximum Gasteiger partial charge on any atom is 0.276 e. The van der Waals surface area contributed by atoms with Crippen molar-refractivity contribution in [1.29, 1.82) is 0 Å². The number of nitrogens with zero attached hydrogens (tertiary/aromatic N) is 1. The maximum absolute atomic E-state index is 13.3. The Kier molecular flexibility index (Phi) is 9.45. The highest BCUT2D eigenvalue weighted by Gasteiger charge is 2.18. The molecule has 0 saturated heterocycles. The summed E-state index contributed by atoms with van der Waals surface area (Å²) in [5.41, 5.74) is 1.02. The molecule has 8 nitrogen and oxygen atoms in total. The van der Waals surface area contributed by atoms with Gasteiger partial charge in [-0.05, 0) is 66.7 Å². The second kappa shape index (κ2) is 13.4. The molecule has 0 radical (unpaired) electrons. The largest absolute Gasteiger partial charge is 0.321 e. The van der Waals surface area contributed by atoms with Crippen molar-refractivity contribution in [1.82, 2.24) is 5.32 Å². The molecule has 10 heteroatoms. The summed E-state index contributed by atoms with van der Waals surface area (Å²) in [5.74, 6) is -1.13. The Morgan fingerprint density at radius 2 is 1.55 bits per heavy atom. The molecule has 0 saturated carbocycles. The molecule has 0 fully saturated rings. The molecule has 4 aromatic carbocycles. The van der Waals surface area contributed by atoms with Gasteiger partial charge >= 0.3 is 0 Å². The normalized spacial score (nSPS) is 11.0. The van der Waals surface area contributed by atoms with Crippen LogP contribution in [0.1, 0.15) is 26.3 Å². The monoisotopic (exact) mass is 571 g/mol. The van der Waals surface area contributed by atoms with Crippen molar-refractivity contribution >= 4 is 58.4 Å². The van der Waals surface area contributed by atoms with E-state index in [9.17, 15) is 24.5 Å². The predicted molar refractivity (Wildman–Crippen MR) is 157 cm³/mol. The lowest BCUT2D eigenvalue weighted by Gasteiger charge is -2.12. The van der Waals surface area contributed by atoms with E-state index in [1.165, 1.54) is 36.0 Å². The molecule has 0 aliphatic heterocycles. The zero-order valence-electron chi connectivity index (χ0n) is 20.9. The summed E-state index contributed by atoms with van der Waals surface area (Å²) in [6.45, 7) is 0. The Balaban J connectivity index is 1.53. The summed E-state index contributed by atoms with van der Waals surface area (Å²) in [7, 11) is 0. The molecule has 0 aromatic heterocycles. The molecule has 0 unspecified atom stereocenters. The molecule has 200 valence electrons. The molecule has 2 N–H and O–H groups in total. The van der Waals surface area contributed by atoms with Gasteiger partial charge < -0.3 is 10.6 Å². The number of amides is 2. The van der Waals surface area contributed by atoms with Crippen LogP contribution < -0.4 is 10.6 Å². The van der Waals surface area contributed by atoms with Crippen LogP contribution in [0.2, 0.25) is 5.02 Å². The number of nitrogens with one attached hydrogen (secondary N) is 2. The van der Waals surface area contributed by atoms with E-state index >= 15 is 0 Å². The molecule has 0 atom stereocenters. The number of nitro groups is 1. The number of hydrogen-bond acceptors (Lipinski definition) is 6. The fourth-order valence-corrected chi connectivity index (χ4v) is 4.58. The van der Waals surface area contributed by atoms with E-state index < -0.39 is 16.7 Å². The van der Waals surface area contributed by atoms with Crippen molar-refractivity contribution < 1.29 is 19.3 Å². The molecule has 0 bridgehead atoms. The lowest BCUT2D eigenvalue weighted by molar-refractivity contribution is -0.385. The summed E-state index contributed by atoms with van der Waals surface area (Å²) in [6, 6.07) is 27.7. The molecule has 2 amide bonds. The van der Waals surface area contributed by atoms with Crippen LogP contribution in [0.15, 0.2) is 114 Å². The van der Waals surface area contributed by atoms with E-state index in [1.54, 1.807) is 84.9 Å². The highest BCUT2D eigenvalue weighted by atomic mass is 35.5. The summed E-state index contributed by atoms with van der Waals surface area (Å²) in [4.78, 5) is 50.4. The second-order valence-electron chi connectivity index (χ2n) is 8.39. The quantitative estimate of drug-likeness (QED) is 0.0724. The first-order valence-corrected chi connectivity index (χ1v) is 13.3. The lowest BCUT2D eigenvalue weighted by atomic mass is 10.1. The summed E-state index contributed by atoms with van der Waals surface area (Å²) in [6.07, 6.45) is 1.26. The van der Waals surface area contributed by atoms with Crippen molar-refractivity contribution in [3.8, 4) is 0 Å². The van der Waals surface area contributed by atoms with E-state index in [1.807, 2.05) is 0 Å². The number of thioether (sulfide) groups is 1. The molecule has 0 aliphatic rings. The number of halogens is 1. The van der Waals surface area contributed by atoms with Gasteiger partial charge in [-0.1, -0.05) is 48.0 Å². The zero-order chi connectivity index (χ0) is 28.5. The van der Waals surface area contributed by atoms with Crippen LogP contribution in [0, 0.1) is 10.1 Å². The molecule has 0 heterocycles. The molecule has 4 rings (SSSR count). The average Bonchev–Trinajstić information content (AvgIpc) is 2.96. The van der Waals surface area contributed by atoms with Crippen LogP contribution in [-0.4, -0.2) is 28.3 Å². The van der Waals surface area contributed by atoms with Gasteiger partial charge in [0, 0.05) is 32.8 Å². The average molecular weight is 572 g/mol. The minimum atomic E-state index is -0.679. The SMILES string of the molecule is O=C(Nc1cccc(SCC(=O)c2ccc(Cl)cc2)c1)/C(=C/c1ccccc1[N+](=O)[O-])NC(=O)c1ccccc1. The van der Waals surface area contributed by atoms with Gasteiger partial charge in [0.2, 0.25) is 0 Å². The van der Waals surface area contributed by atoms with Gasteiger partial charge in [0.15, 0.2) is 5.78 Å². The molecular weight excluding hydrogens is 550 g/mol. The number of para-hydroxylation sites is 1. The minimum absolute atomic E-state index is 0.0746. The van der Waals surface area contributed by atoms with E-state index in [4.69, 9.17) is 11.6 Å². The van der Waals surface area contributed by atoms with Gasteiger partial charge in [-0.2, -0.15) is 0 Å². The molecule has 4 aromatic rings. The number of carbonyl (C=O) groups is 3. The first kappa shape index (κ1) is 28.3. The Hall–Kier alpha value is -4.73. The third-order valence-electron chi connectivity index (χ3n) is 5.59. The molecule has 40 heavy (non-hydrogen) atoms. The van der Waals surface area contributed by atoms with Crippen LogP contribution in [0.5, 0.6) is 0 Å². The van der Waals surface area contributed by atoms with Gasteiger partial charge in [0.1, 0.15) is 5.70 Å². The fraction of sp³-hybridized carbons (Fsp3) is 0.0333. The number of hydrogen-bond donors (Lipinski definition) is 2. The summed E-state index contributed by atoms with van der Waals surface area (Å²) < 4.78 is 0. The number of rotatable bonds is 10. The van der Waals surface area contributed by atoms with E-state index in [-0.39, 0.29) is 28.5 Å². The van der Waals surface area contributed by atoms with Crippen LogP contribution in [0.4, 0.5) is 11.4 Å². The summed E-state index contributed by atoms with van der Waals surface area (Å²) in [5, 5.41) is 17.4. The van der Waals surface area contributed by atoms with Gasteiger partial charge in [-0.3, -0.25) is 24.5 Å². The Labute approximate surface area is 239 Å². The number of nitro benzene ring substituents is 1. The van der Waals surface area contributed by atoms with Crippen LogP contribution in [0.3, 0.4) is 0 Å². The Morgan fingerprint density at radius 1 is 0.850 bits per heavy atom. The lowest BCUT2D eigenvalue weighted by Crippen LogP contribution is -2.30. The number of ketones is 1. The first-order valence-electron chi connectivity index (χ1n) is 11.9. The van der Waals surface area contributed by atoms with Crippen molar-refractivity contribution in [3.05, 3.63) is 141 Å². The van der Waals surface area contributed by atoms with Crippen molar-refractivity contribution in [3.63, 3.8) is 0 Å². The zero-order valence-corrected chi connectivity index (χ0v) is 22.4. The third-order valence-corrected chi connectivity index (χ3v) is 6.84. The second-order valence-corrected chi connectivity index (χ2v) is 9.88. The van der Waals surface area contributed by atoms with Crippen LogP contribution in [-0.2, 0) is 4.79 Å². The molecular formula is C30H22ClN3O5S. The van der Waals surface area contributed by atoms with Gasteiger partial charge in [0.25, 0.3) is 17.5 Å². The van der Waals surface area contributed by atoms with Crippen LogP contribution in [0.25, 0.3) is 6.08 Å². The summed E-state index contributed by atoms with van der Waals surface area (Å²) >= 11 is 7.19. The minimum Gasteiger partial charge on any atom is -0.321 e. The van der Waals surface area contributed by atoms with E-state index in [0.29, 0.717) is 21.8 Å². The molecule has 0 spiro atoms. The molecule has 0 aliphatic carbocycles. The highest BCUT2D eigenvalue weighted by Crippen LogP contribution is 2.24. The number of Topliss-reactive ketones (excluding diaryl/α,β-unsaturated/α-hetero) is 1. The van der Waals surface area contributed by atoms with Crippen LogP contribution >= 0.6 is 23.4 Å². The van der Waals surface area contributed by atoms with Gasteiger partial charge in [0.05, 0.1) is 16.2 Å².